The van der Waals surface area contributed by atoms with Gasteiger partial charge in [0.15, 0.2) is 11.5 Å². The molecule has 3 N–H and O–H groups in total. The molecule has 35 heavy (non-hydrogen) atoms. The second-order valence-corrected chi connectivity index (χ2v) is 8.57. The average Bonchev–Trinajstić information content (AvgIpc) is 2.86. The smallest absolute Gasteiger partial charge is 0.273 e. The maximum Gasteiger partial charge on any atom is 0.273 e. The minimum atomic E-state index is -0.372. The summed E-state index contributed by atoms with van der Waals surface area (Å²) in [6, 6.07) is 14.1. The van der Waals surface area contributed by atoms with Crippen LogP contribution in [0.4, 0.5) is 11.6 Å². The van der Waals surface area contributed by atoms with Crippen molar-refractivity contribution in [2.24, 2.45) is 0 Å². The number of nitrogens with two attached hydrogens (primary N) is 1. The minimum Gasteiger partial charge on any atom is -0.382 e. The Labute approximate surface area is 205 Å². The SMILES string of the molecule is Cc1cccc2cc(CNC(=O)c3nccnc3N)c(N(C)CCN(C)Cc3ccccn3)nc12. The van der Waals surface area contributed by atoms with Crippen molar-refractivity contribution < 1.29 is 4.79 Å². The molecule has 0 bridgehead atoms. The number of benzene rings is 1. The van der Waals surface area contributed by atoms with Crippen LogP contribution in [0, 0.1) is 6.92 Å². The number of likely N-dealkylation sites (N-methyl/N-ethyl adjacent to an activating group) is 2. The molecule has 0 unspecified atom stereocenters. The van der Waals surface area contributed by atoms with Gasteiger partial charge in [0.05, 0.1) is 11.2 Å². The number of nitrogen functional groups attached to an aromatic ring is 1. The van der Waals surface area contributed by atoms with Gasteiger partial charge in [-0.1, -0.05) is 24.3 Å². The van der Waals surface area contributed by atoms with Crippen molar-refractivity contribution in [1.82, 2.24) is 30.2 Å². The van der Waals surface area contributed by atoms with Crippen molar-refractivity contribution >= 4 is 28.4 Å². The van der Waals surface area contributed by atoms with Gasteiger partial charge in [0, 0.05) is 62.8 Å². The minimum absolute atomic E-state index is 0.102. The number of aryl methyl sites for hydroxylation is 1. The number of hydrogen-bond donors (Lipinski definition) is 2. The molecule has 1 amide bonds. The number of amides is 1. The summed E-state index contributed by atoms with van der Waals surface area (Å²) in [4.78, 5) is 34.4. The summed E-state index contributed by atoms with van der Waals surface area (Å²) in [5.74, 6) is 0.555. The molecule has 0 aliphatic heterocycles. The highest BCUT2D eigenvalue weighted by atomic mass is 16.1. The summed E-state index contributed by atoms with van der Waals surface area (Å²) in [5, 5.41) is 3.95. The molecule has 1 aromatic carbocycles. The zero-order chi connectivity index (χ0) is 24.8. The highest BCUT2D eigenvalue weighted by Crippen LogP contribution is 2.25. The fourth-order valence-electron chi connectivity index (χ4n) is 3.90. The number of hydrogen-bond acceptors (Lipinski definition) is 8. The molecule has 0 radical (unpaired) electrons. The standard InChI is InChI=1S/C26H30N8O/c1-18-7-6-8-19-15-20(16-31-26(35)23-24(27)30-12-11-29-23)25(32-22(18)19)34(3)14-13-33(2)17-21-9-4-5-10-28-21/h4-12,15H,13-14,16-17H2,1-3H3,(H2,27,30)(H,31,35). The zero-order valence-corrected chi connectivity index (χ0v) is 20.3. The molecular weight excluding hydrogens is 440 g/mol. The number of fused-ring (bicyclic) bond motifs is 1. The molecule has 0 spiro atoms. The van der Waals surface area contributed by atoms with E-state index in [4.69, 9.17) is 10.7 Å². The molecule has 0 fully saturated rings. The zero-order valence-electron chi connectivity index (χ0n) is 20.3. The second-order valence-electron chi connectivity index (χ2n) is 8.57. The summed E-state index contributed by atoms with van der Waals surface area (Å²) in [6.45, 7) is 4.68. The lowest BCUT2D eigenvalue weighted by atomic mass is 10.1. The van der Waals surface area contributed by atoms with Gasteiger partial charge in [-0.15, -0.1) is 0 Å². The van der Waals surface area contributed by atoms with Crippen LogP contribution >= 0.6 is 0 Å². The summed E-state index contributed by atoms with van der Waals surface area (Å²) >= 11 is 0. The summed E-state index contributed by atoms with van der Waals surface area (Å²) in [7, 11) is 4.10. The normalized spacial score (nSPS) is 11.1. The van der Waals surface area contributed by atoms with Crippen molar-refractivity contribution in [2.45, 2.75) is 20.0 Å². The number of nitrogens with one attached hydrogen (secondary N) is 1. The Bertz CT molecular complexity index is 1310. The van der Waals surface area contributed by atoms with Gasteiger partial charge >= 0.3 is 0 Å². The summed E-state index contributed by atoms with van der Waals surface area (Å²) in [6.07, 6.45) is 4.72. The largest absolute Gasteiger partial charge is 0.382 e. The van der Waals surface area contributed by atoms with Crippen molar-refractivity contribution in [3.63, 3.8) is 0 Å². The molecule has 0 saturated carbocycles. The molecular formula is C26H30N8O. The topological polar surface area (TPSA) is 113 Å². The van der Waals surface area contributed by atoms with Gasteiger partial charge < -0.3 is 16.0 Å². The lowest BCUT2D eigenvalue weighted by Gasteiger charge is -2.25. The Morgan fingerprint density at radius 2 is 1.83 bits per heavy atom. The monoisotopic (exact) mass is 470 g/mol. The third-order valence-corrected chi connectivity index (χ3v) is 5.82. The van der Waals surface area contributed by atoms with Crippen LogP contribution in [-0.2, 0) is 13.1 Å². The molecule has 4 aromatic rings. The lowest BCUT2D eigenvalue weighted by molar-refractivity contribution is 0.0946. The lowest BCUT2D eigenvalue weighted by Crippen LogP contribution is -2.32. The number of carbonyl (C=O) groups excluding carboxylic acids is 1. The summed E-state index contributed by atoms with van der Waals surface area (Å²) in [5.41, 5.74) is 9.93. The van der Waals surface area contributed by atoms with E-state index in [1.165, 1.54) is 12.4 Å². The quantitative estimate of drug-likeness (QED) is 0.384. The number of carbonyl (C=O) groups is 1. The van der Waals surface area contributed by atoms with Gasteiger partial charge in [-0.2, -0.15) is 0 Å². The maximum atomic E-state index is 12.7. The molecule has 9 heteroatoms. The predicted molar refractivity (Wildman–Crippen MR) is 138 cm³/mol. The van der Waals surface area contributed by atoms with Crippen molar-refractivity contribution in [1.29, 1.82) is 0 Å². The molecule has 0 aliphatic rings. The van der Waals surface area contributed by atoms with E-state index in [0.29, 0.717) is 0 Å². The van der Waals surface area contributed by atoms with Crippen molar-refractivity contribution in [3.05, 3.63) is 83.6 Å². The van der Waals surface area contributed by atoms with E-state index in [1.807, 2.05) is 43.6 Å². The van der Waals surface area contributed by atoms with Crippen LogP contribution in [-0.4, -0.2) is 57.9 Å². The fourth-order valence-corrected chi connectivity index (χ4v) is 3.90. The first kappa shape index (κ1) is 24.0. The van der Waals surface area contributed by atoms with Crippen LogP contribution in [0.25, 0.3) is 10.9 Å². The van der Waals surface area contributed by atoms with Crippen LogP contribution in [0.2, 0.25) is 0 Å². The van der Waals surface area contributed by atoms with Gasteiger partial charge in [0.1, 0.15) is 5.82 Å². The molecule has 0 saturated heterocycles. The number of nitrogens with zero attached hydrogens (tertiary/aromatic N) is 6. The number of anilines is 2. The van der Waals surface area contributed by atoms with Gasteiger partial charge in [-0.25, -0.2) is 15.0 Å². The Balaban J connectivity index is 1.53. The number of pyridine rings is 2. The highest BCUT2D eigenvalue weighted by Gasteiger charge is 2.16. The van der Waals surface area contributed by atoms with Crippen LogP contribution in [0.3, 0.4) is 0 Å². The summed E-state index contributed by atoms with van der Waals surface area (Å²) < 4.78 is 0. The van der Waals surface area contributed by atoms with Crippen molar-refractivity contribution in [3.8, 4) is 0 Å². The van der Waals surface area contributed by atoms with E-state index in [0.717, 1.165) is 53.2 Å². The highest BCUT2D eigenvalue weighted by molar-refractivity contribution is 5.96. The van der Waals surface area contributed by atoms with Gasteiger partial charge in [-0.3, -0.25) is 14.7 Å². The van der Waals surface area contributed by atoms with Crippen LogP contribution in [0.15, 0.2) is 61.1 Å². The Morgan fingerprint density at radius 1 is 1.00 bits per heavy atom. The van der Waals surface area contributed by atoms with E-state index >= 15 is 0 Å². The Morgan fingerprint density at radius 3 is 2.60 bits per heavy atom. The number of aromatic nitrogens is 4. The first-order valence-electron chi connectivity index (χ1n) is 11.5. The first-order valence-corrected chi connectivity index (χ1v) is 11.5. The van der Waals surface area contributed by atoms with E-state index in [1.54, 1.807) is 0 Å². The fraction of sp³-hybridized carbons (Fsp3) is 0.269. The number of para-hydroxylation sites is 1. The molecule has 3 heterocycles. The number of rotatable bonds is 9. The van der Waals surface area contributed by atoms with E-state index in [-0.39, 0.29) is 24.0 Å². The Hall–Kier alpha value is -4.11. The van der Waals surface area contributed by atoms with Crippen LogP contribution in [0.1, 0.15) is 27.3 Å². The Kier molecular flexibility index (Phi) is 7.47. The van der Waals surface area contributed by atoms with E-state index in [9.17, 15) is 4.79 Å². The molecule has 9 nitrogen and oxygen atoms in total. The van der Waals surface area contributed by atoms with Gasteiger partial charge in [0.2, 0.25) is 0 Å². The molecule has 0 atom stereocenters. The second kappa shape index (κ2) is 10.9. The molecule has 4 rings (SSSR count). The van der Waals surface area contributed by atoms with Gasteiger partial charge in [-0.05, 0) is 37.7 Å². The third kappa shape index (κ3) is 5.88. The van der Waals surface area contributed by atoms with Gasteiger partial charge in [0.25, 0.3) is 5.91 Å². The molecule has 0 aliphatic carbocycles. The van der Waals surface area contributed by atoms with E-state index < -0.39 is 0 Å². The van der Waals surface area contributed by atoms with E-state index in [2.05, 4.69) is 56.2 Å². The average molecular weight is 471 g/mol. The maximum absolute atomic E-state index is 12.7. The van der Waals surface area contributed by atoms with Crippen LogP contribution < -0.4 is 16.0 Å². The molecule has 180 valence electrons. The predicted octanol–water partition coefficient (Wildman–Crippen LogP) is 2.81. The van der Waals surface area contributed by atoms with Crippen molar-refractivity contribution in [2.75, 3.05) is 37.8 Å². The first-order chi connectivity index (χ1) is 16.9. The van der Waals surface area contributed by atoms with Crippen LogP contribution in [0.5, 0.6) is 0 Å². The molecule has 3 aromatic heterocycles. The third-order valence-electron chi connectivity index (χ3n) is 5.82.